The third-order valence-corrected chi connectivity index (χ3v) is 2.75. The molecule has 0 fully saturated rings. The van der Waals surface area contributed by atoms with Crippen molar-refractivity contribution in [3.63, 3.8) is 0 Å². The van der Waals surface area contributed by atoms with Crippen molar-refractivity contribution < 1.29 is 28.3 Å². The quantitative estimate of drug-likeness (QED) is 0.519. The van der Waals surface area contributed by atoms with E-state index in [2.05, 4.69) is 0 Å². The van der Waals surface area contributed by atoms with Gasteiger partial charge in [-0.2, -0.15) is 0 Å². The Kier molecular flexibility index (Phi) is 7.16. The molecule has 0 spiro atoms. The van der Waals surface area contributed by atoms with Crippen molar-refractivity contribution in [2.24, 2.45) is 5.92 Å². The van der Waals surface area contributed by atoms with Crippen molar-refractivity contribution in [3.8, 4) is 0 Å². The molecule has 2 N–H and O–H groups in total. The number of carbonyl (C=O) groups excluding carboxylic acids is 2. The first-order valence-corrected chi connectivity index (χ1v) is 6.21. The highest BCUT2D eigenvalue weighted by Gasteiger charge is 2.30. The Morgan fingerprint density at radius 1 is 1.35 bits per heavy atom. The fourth-order valence-corrected chi connectivity index (χ4v) is 1.57. The zero-order chi connectivity index (χ0) is 13.6. The van der Waals surface area contributed by atoms with Crippen LogP contribution in [-0.2, 0) is 14.4 Å². The van der Waals surface area contributed by atoms with Crippen LogP contribution in [0.25, 0.3) is 0 Å². The van der Waals surface area contributed by atoms with Crippen LogP contribution in [-0.4, -0.2) is 39.7 Å². The Morgan fingerprint density at radius 3 is 2.24 bits per heavy atom. The molecule has 0 saturated carbocycles. The molecule has 17 heavy (non-hydrogen) atoms. The molecule has 0 rings (SSSR count). The lowest BCUT2D eigenvalue weighted by Crippen LogP contribution is -2.40. The summed E-state index contributed by atoms with van der Waals surface area (Å²) in [5.41, 5.74) is 0. The molecule has 0 heterocycles. The highest BCUT2D eigenvalue weighted by Crippen LogP contribution is 2.16. The summed E-state index contributed by atoms with van der Waals surface area (Å²) in [4.78, 5) is 32.8. The minimum Gasteiger partial charge on any atom is -0.480 e. The molecule has 0 aromatic rings. The summed E-state index contributed by atoms with van der Waals surface area (Å²) in [6.07, 6.45) is -3.62. The van der Waals surface area contributed by atoms with Gasteiger partial charge in [0.1, 0.15) is 6.04 Å². The molecule has 0 aliphatic carbocycles. The van der Waals surface area contributed by atoms with E-state index < -0.39 is 42.5 Å². The molecular weight excluding hydrogens is 351 g/mol. The third-order valence-electron chi connectivity index (χ3n) is 2.00. The van der Waals surface area contributed by atoms with Gasteiger partial charge in [-0.1, -0.05) is 22.6 Å². The number of aliphatic carboxylic acids is 1. The molecule has 98 valence electrons. The Hall–Kier alpha value is -0.800. The van der Waals surface area contributed by atoms with E-state index in [9.17, 15) is 23.2 Å². The summed E-state index contributed by atoms with van der Waals surface area (Å²) >= 11 is 1.64. The lowest BCUT2D eigenvalue weighted by Gasteiger charge is -2.15. The van der Waals surface area contributed by atoms with Crippen molar-refractivity contribution in [2.75, 3.05) is 4.43 Å². The third kappa shape index (κ3) is 5.89. The Labute approximate surface area is 110 Å². The number of hydrogen-bond donors (Lipinski definition) is 2. The van der Waals surface area contributed by atoms with E-state index in [1.54, 1.807) is 22.6 Å². The second-order valence-corrected chi connectivity index (χ2v) is 4.14. The maximum Gasteiger partial charge on any atom is 0.325 e. The van der Waals surface area contributed by atoms with Gasteiger partial charge in [0.25, 0.3) is 0 Å². The fourth-order valence-electron chi connectivity index (χ4n) is 1.00. The van der Waals surface area contributed by atoms with Gasteiger partial charge < -0.3 is 10.4 Å². The van der Waals surface area contributed by atoms with Crippen LogP contribution in [0.1, 0.15) is 13.3 Å². The van der Waals surface area contributed by atoms with Gasteiger partial charge in [-0.3, -0.25) is 14.4 Å². The van der Waals surface area contributed by atoms with Gasteiger partial charge in [-0.15, -0.1) is 0 Å². The lowest BCUT2D eigenvalue weighted by molar-refractivity contribution is -0.141. The van der Waals surface area contributed by atoms with Crippen LogP contribution in [0, 0.1) is 5.92 Å². The van der Waals surface area contributed by atoms with Gasteiger partial charge in [0, 0.05) is 6.42 Å². The number of alkyl halides is 3. The number of rotatable bonds is 7. The van der Waals surface area contributed by atoms with Crippen molar-refractivity contribution in [1.82, 2.24) is 5.32 Å². The molecule has 1 amide bonds. The molecule has 0 aliphatic heterocycles. The first-order chi connectivity index (χ1) is 7.79. The Bertz CT molecular complexity index is 311. The number of carbonyl (C=O) groups is 3. The van der Waals surface area contributed by atoms with Crippen LogP contribution in [0.5, 0.6) is 0 Å². The summed E-state index contributed by atoms with van der Waals surface area (Å²) in [5, 5.41) is 10.5. The molecule has 0 bridgehead atoms. The average molecular weight is 363 g/mol. The SMILES string of the molecule is C[C@H](NC(=O)CC(C(=O)CI)C(F)F)C(=O)O. The molecule has 0 aromatic carbocycles. The van der Waals surface area contributed by atoms with Gasteiger partial charge in [0.2, 0.25) is 12.3 Å². The van der Waals surface area contributed by atoms with E-state index in [0.29, 0.717) is 0 Å². The predicted molar refractivity (Wildman–Crippen MR) is 63.2 cm³/mol. The topological polar surface area (TPSA) is 83.5 Å². The summed E-state index contributed by atoms with van der Waals surface area (Å²) in [6.45, 7) is 1.21. The Morgan fingerprint density at radius 2 is 1.88 bits per heavy atom. The normalized spacial score (nSPS) is 14.2. The highest BCUT2D eigenvalue weighted by atomic mass is 127. The molecule has 1 unspecified atom stereocenters. The number of halogens is 3. The second kappa shape index (κ2) is 7.51. The van der Waals surface area contributed by atoms with Gasteiger partial charge in [0.15, 0.2) is 5.78 Å². The van der Waals surface area contributed by atoms with Gasteiger partial charge in [-0.25, -0.2) is 8.78 Å². The average Bonchev–Trinajstić information content (AvgIpc) is 2.24. The summed E-state index contributed by atoms with van der Waals surface area (Å²) in [7, 11) is 0. The van der Waals surface area contributed by atoms with Crippen LogP contribution < -0.4 is 5.32 Å². The maximum absolute atomic E-state index is 12.5. The van der Waals surface area contributed by atoms with Crippen molar-refractivity contribution in [1.29, 1.82) is 0 Å². The van der Waals surface area contributed by atoms with Crippen LogP contribution in [0.2, 0.25) is 0 Å². The van der Waals surface area contributed by atoms with Gasteiger partial charge in [-0.05, 0) is 6.92 Å². The molecule has 0 aliphatic rings. The molecule has 2 atom stereocenters. The summed E-state index contributed by atoms with van der Waals surface area (Å²) in [6, 6.07) is -1.17. The second-order valence-electron chi connectivity index (χ2n) is 3.37. The fraction of sp³-hybridized carbons (Fsp3) is 0.667. The molecule has 0 radical (unpaired) electrons. The Balaban J connectivity index is 4.42. The number of ketones is 1. The molecule has 5 nitrogen and oxygen atoms in total. The number of carboxylic acid groups (broad SMARTS) is 1. The van der Waals surface area contributed by atoms with E-state index in [0.717, 1.165) is 0 Å². The first-order valence-electron chi connectivity index (χ1n) is 4.68. The minimum atomic E-state index is -2.93. The lowest BCUT2D eigenvalue weighted by atomic mass is 10.0. The molecule has 0 aromatic heterocycles. The van der Waals surface area contributed by atoms with Gasteiger partial charge >= 0.3 is 5.97 Å². The maximum atomic E-state index is 12.5. The predicted octanol–water partition coefficient (Wildman–Crippen LogP) is 0.851. The van der Waals surface area contributed by atoms with Crippen LogP contribution in [0.15, 0.2) is 0 Å². The standard InChI is InChI=1S/C9H12F2INO4/c1-4(9(16)17)13-7(15)2-5(8(10)11)6(14)3-12/h4-5,8H,2-3H2,1H3,(H,13,15)(H,16,17)/t4-,5?/m0/s1. The number of hydrogen-bond acceptors (Lipinski definition) is 3. The van der Waals surface area contributed by atoms with E-state index >= 15 is 0 Å². The zero-order valence-electron chi connectivity index (χ0n) is 8.95. The van der Waals surface area contributed by atoms with E-state index in [1.165, 1.54) is 6.92 Å². The van der Waals surface area contributed by atoms with Crippen molar-refractivity contribution in [3.05, 3.63) is 0 Å². The summed E-state index contributed by atoms with van der Waals surface area (Å²) < 4.78 is 24.8. The first kappa shape index (κ1) is 16.2. The molecular formula is C9H12F2INO4. The number of carboxylic acids is 1. The van der Waals surface area contributed by atoms with E-state index in [4.69, 9.17) is 5.11 Å². The summed E-state index contributed by atoms with van der Waals surface area (Å²) in [5.74, 6) is -4.54. The van der Waals surface area contributed by atoms with E-state index in [-0.39, 0.29) is 4.43 Å². The van der Waals surface area contributed by atoms with Crippen molar-refractivity contribution in [2.45, 2.75) is 25.8 Å². The number of Topliss-reactive ketones (excluding diaryl/α,β-unsaturated/α-hetero) is 1. The zero-order valence-corrected chi connectivity index (χ0v) is 11.1. The smallest absolute Gasteiger partial charge is 0.325 e. The van der Waals surface area contributed by atoms with Crippen molar-refractivity contribution >= 4 is 40.3 Å². The molecule has 0 saturated heterocycles. The van der Waals surface area contributed by atoms with Gasteiger partial charge in [0.05, 0.1) is 10.3 Å². The highest BCUT2D eigenvalue weighted by molar-refractivity contribution is 14.1. The molecule has 8 heteroatoms. The monoisotopic (exact) mass is 363 g/mol. The van der Waals surface area contributed by atoms with Crippen LogP contribution in [0.4, 0.5) is 8.78 Å². The van der Waals surface area contributed by atoms with E-state index in [1.807, 2.05) is 5.32 Å². The number of amides is 1. The largest absolute Gasteiger partial charge is 0.480 e. The minimum absolute atomic E-state index is 0.117. The number of nitrogens with one attached hydrogen (secondary N) is 1. The van der Waals surface area contributed by atoms with Crippen LogP contribution >= 0.6 is 22.6 Å². The van der Waals surface area contributed by atoms with Crippen LogP contribution in [0.3, 0.4) is 0 Å².